The van der Waals surface area contributed by atoms with Gasteiger partial charge >= 0.3 is 0 Å². The molecule has 0 spiro atoms. The van der Waals surface area contributed by atoms with Crippen molar-refractivity contribution in [1.82, 2.24) is 0 Å². The first-order chi connectivity index (χ1) is 12.0. The minimum Gasteiger partial charge on any atom is -0.299 e. The minimum absolute atomic E-state index is 0.106. The van der Waals surface area contributed by atoms with E-state index in [1.807, 2.05) is 60.7 Å². The molecule has 0 aliphatic carbocycles. The SMILES string of the molecule is CC(=O)C(C(C)=O)C(CC(=O)/C=C/c1ccccc1)c1ccccc1. The molecular weight excluding hydrogens is 312 g/mol. The van der Waals surface area contributed by atoms with Crippen LogP contribution in [0.3, 0.4) is 0 Å². The van der Waals surface area contributed by atoms with Crippen molar-refractivity contribution in [3.05, 3.63) is 77.9 Å². The van der Waals surface area contributed by atoms with Gasteiger partial charge in [0.25, 0.3) is 0 Å². The highest BCUT2D eigenvalue weighted by Gasteiger charge is 2.32. The number of allylic oxidation sites excluding steroid dienone is 1. The van der Waals surface area contributed by atoms with Crippen LogP contribution >= 0.6 is 0 Å². The van der Waals surface area contributed by atoms with Gasteiger partial charge in [0.1, 0.15) is 11.6 Å². The molecule has 2 rings (SSSR count). The maximum absolute atomic E-state index is 12.4. The summed E-state index contributed by atoms with van der Waals surface area (Å²) in [6, 6.07) is 18.8. The van der Waals surface area contributed by atoms with Gasteiger partial charge in [-0.25, -0.2) is 0 Å². The highest BCUT2D eigenvalue weighted by molar-refractivity contribution is 6.02. The predicted molar refractivity (Wildman–Crippen MR) is 99.1 cm³/mol. The first-order valence-electron chi connectivity index (χ1n) is 8.31. The number of benzene rings is 2. The molecule has 0 amide bonds. The fourth-order valence-electron chi connectivity index (χ4n) is 3.02. The minimum atomic E-state index is -0.795. The lowest BCUT2D eigenvalue weighted by atomic mass is 9.78. The first kappa shape index (κ1) is 18.5. The third-order valence-corrected chi connectivity index (χ3v) is 4.19. The van der Waals surface area contributed by atoms with E-state index in [1.54, 1.807) is 6.08 Å². The highest BCUT2D eigenvalue weighted by atomic mass is 16.1. The summed E-state index contributed by atoms with van der Waals surface area (Å²) in [6.07, 6.45) is 3.39. The summed E-state index contributed by atoms with van der Waals surface area (Å²) in [5.41, 5.74) is 1.76. The van der Waals surface area contributed by atoms with Gasteiger partial charge in [0, 0.05) is 12.3 Å². The van der Waals surface area contributed by atoms with Gasteiger partial charge < -0.3 is 0 Å². The molecule has 1 unspecified atom stereocenters. The van der Waals surface area contributed by atoms with E-state index in [9.17, 15) is 14.4 Å². The monoisotopic (exact) mass is 334 g/mol. The summed E-state index contributed by atoms with van der Waals surface area (Å²) < 4.78 is 0. The van der Waals surface area contributed by atoms with Crippen molar-refractivity contribution in [2.75, 3.05) is 0 Å². The van der Waals surface area contributed by atoms with Gasteiger partial charge in [0.15, 0.2) is 5.78 Å². The number of hydrogen-bond donors (Lipinski definition) is 0. The average molecular weight is 334 g/mol. The molecule has 2 aromatic rings. The number of carbonyl (C=O) groups excluding carboxylic acids is 3. The molecule has 0 heterocycles. The Morgan fingerprint density at radius 3 is 1.88 bits per heavy atom. The molecule has 0 saturated heterocycles. The van der Waals surface area contributed by atoms with Gasteiger partial charge in [-0.2, -0.15) is 0 Å². The fraction of sp³-hybridized carbons (Fsp3) is 0.227. The van der Waals surface area contributed by atoms with E-state index in [0.717, 1.165) is 11.1 Å². The number of hydrogen-bond acceptors (Lipinski definition) is 3. The second-order valence-corrected chi connectivity index (χ2v) is 6.13. The van der Waals surface area contributed by atoms with Crippen LogP contribution in [0.4, 0.5) is 0 Å². The third kappa shape index (κ3) is 5.35. The van der Waals surface area contributed by atoms with Gasteiger partial charge in [0.05, 0.1) is 5.92 Å². The van der Waals surface area contributed by atoms with Gasteiger partial charge in [0.2, 0.25) is 0 Å². The van der Waals surface area contributed by atoms with E-state index >= 15 is 0 Å². The van der Waals surface area contributed by atoms with E-state index in [2.05, 4.69) is 0 Å². The lowest BCUT2D eigenvalue weighted by Crippen LogP contribution is -2.28. The molecule has 25 heavy (non-hydrogen) atoms. The van der Waals surface area contributed by atoms with Crippen molar-refractivity contribution in [2.24, 2.45) is 5.92 Å². The molecule has 0 N–H and O–H groups in total. The topological polar surface area (TPSA) is 51.2 Å². The number of Topliss-reactive ketones (excluding diaryl/α,β-unsaturated/α-hetero) is 2. The van der Waals surface area contributed by atoms with Crippen molar-refractivity contribution in [1.29, 1.82) is 0 Å². The zero-order valence-electron chi connectivity index (χ0n) is 14.5. The second-order valence-electron chi connectivity index (χ2n) is 6.13. The molecular formula is C22H22O3. The molecule has 2 aromatic carbocycles. The van der Waals surface area contributed by atoms with Crippen LogP contribution in [0.5, 0.6) is 0 Å². The van der Waals surface area contributed by atoms with E-state index in [-0.39, 0.29) is 23.8 Å². The number of ketones is 3. The molecule has 0 aliphatic heterocycles. The van der Waals surface area contributed by atoms with Gasteiger partial charge in [-0.3, -0.25) is 14.4 Å². The average Bonchev–Trinajstić information content (AvgIpc) is 2.60. The summed E-state index contributed by atoms with van der Waals surface area (Å²) >= 11 is 0. The van der Waals surface area contributed by atoms with Crippen LogP contribution in [0.2, 0.25) is 0 Å². The molecule has 0 saturated carbocycles. The molecule has 3 heteroatoms. The summed E-state index contributed by atoms with van der Waals surface area (Å²) in [6.45, 7) is 2.82. The van der Waals surface area contributed by atoms with Crippen molar-refractivity contribution in [3.63, 3.8) is 0 Å². The lowest BCUT2D eigenvalue weighted by molar-refractivity contribution is -0.131. The summed E-state index contributed by atoms with van der Waals surface area (Å²) in [5, 5.41) is 0. The Kier molecular flexibility index (Phi) is 6.58. The lowest BCUT2D eigenvalue weighted by Gasteiger charge is -2.22. The predicted octanol–water partition coefficient (Wildman–Crippen LogP) is 4.24. The molecule has 1 atom stereocenters. The largest absolute Gasteiger partial charge is 0.299 e. The molecule has 3 nitrogen and oxygen atoms in total. The van der Waals surface area contributed by atoms with E-state index < -0.39 is 11.8 Å². The Morgan fingerprint density at radius 2 is 1.36 bits per heavy atom. The van der Waals surface area contributed by atoms with Crippen LogP contribution in [0.15, 0.2) is 66.7 Å². The van der Waals surface area contributed by atoms with Crippen LogP contribution in [-0.2, 0) is 14.4 Å². The molecule has 0 fully saturated rings. The Balaban J connectivity index is 2.24. The fourth-order valence-corrected chi connectivity index (χ4v) is 3.02. The summed E-state index contributed by atoms with van der Waals surface area (Å²) in [7, 11) is 0. The standard InChI is InChI=1S/C22H22O3/c1-16(23)22(17(2)24)21(19-11-7-4-8-12-19)15-20(25)14-13-18-9-5-3-6-10-18/h3-14,21-22H,15H2,1-2H3/b14-13+. The number of rotatable bonds is 8. The molecule has 0 bridgehead atoms. The van der Waals surface area contributed by atoms with Crippen molar-refractivity contribution in [3.8, 4) is 0 Å². The van der Waals surface area contributed by atoms with Gasteiger partial charge in [-0.05, 0) is 31.1 Å². The zero-order valence-corrected chi connectivity index (χ0v) is 14.5. The highest BCUT2D eigenvalue weighted by Crippen LogP contribution is 2.30. The molecule has 0 aromatic heterocycles. The Bertz CT molecular complexity index is 746. The van der Waals surface area contributed by atoms with Crippen LogP contribution in [0, 0.1) is 5.92 Å². The Morgan fingerprint density at radius 1 is 0.840 bits per heavy atom. The van der Waals surface area contributed by atoms with E-state index in [4.69, 9.17) is 0 Å². The first-order valence-corrected chi connectivity index (χ1v) is 8.31. The molecule has 0 aliphatic rings. The quantitative estimate of drug-likeness (QED) is 0.536. The van der Waals surface area contributed by atoms with Gasteiger partial charge in [-0.15, -0.1) is 0 Å². The Hall–Kier alpha value is -2.81. The van der Waals surface area contributed by atoms with Gasteiger partial charge in [-0.1, -0.05) is 66.7 Å². The summed E-state index contributed by atoms with van der Waals surface area (Å²) in [4.78, 5) is 36.5. The van der Waals surface area contributed by atoms with Crippen molar-refractivity contribution in [2.45, 2.75) is 26.2 Å². The second kappa shape index (κ2) is 8.88. The normalized spacial score (nSPS) is 12.3. The van der Waals surface area contributed by atoms with Crippen LogP contribution in [0.25, 0.3) is 6.08 Å². The van der Waals surface area contributed by atoms with Crippen LogP contribution < -0.4 is 0 Å². The zero-order chi connectivity index (χ0) is 18.2. The van der Waals surface area contributed by atoms with Crippen LogP contribution in [0.1, 0.15) is 37.3 Å². The smallest absolute Gasteiger partial charge is 0.156 e. The summed E-state index contributed by atoms with van der Waals surface area (Å²) in [5.74, 6) is -1.76. The molecule has 0 radical (unpaired) electrons. The Labute approximate surface area is 148 Å². The van der Waals surface area contributed by atoms with E-state index in [0.29, 0.717) is 0 Å². The van der Waals surface area contributed by atoms with Crippen molar-refractivity contribution >= 4 is 23.4 Å². The molecule has 128 valence electrons. The number of carbonyl (C=O) groups is 3. The third-order valence-electron chi connectivity index (χ3n) is 4.19. The van der Waals surface area contributed by atoms with Crippen LogP contribution in [-0.4, -0.2) is 17.3 Å². The maximum atomic E-state index is 12.4. The van der Waals surface area contributed by atoms with E-state index in [1.165, 1.54) is 19.9 Å². The maximum Gasteiger partial charge on any atom is 0.156 e. The van der Waals surface area contributed by atoms with Crippen molar-refractivity contribution < 1.29 is 14.4 Å².